The summed E-state index contributed by atoms with van der Waals surface area (Å²) in [5.74, 6) is -0.413. The molecule has 0 heterocycles. The maximum absolute atomic E-state index is 13.9. The highest BCUT2D eigenvalue weighted by Crippen LogP contribution is 2.30. The largest absolute Gasteiger partial charge is 0.389 e. The van der Waals surface area contributed by atoms with E-state index in [0.29, 0.717) is 12.5 Å². The third-order valence-corrected chi connectivity index (χ3v) is 4.48. The molecule has 1 fully saturated rings. The second-order valence-corrected chi connectivity index (χ2v) is 6.45. The van der Waals surface area contributed by atoms with Crippen LogP contribution >= 0.6 is 12.2 Å². The Morgan fingerprint density at radius 2 is 2.10 bits per heavy atom. The minimum atomic E-state index is -0.973. The van der Waals surface area contributed by atoms with Crippen LogP contribution in [0, 0.1) is 23.5 Å². The topological polar surface area (TPSA) is 38.0 Å². The third kappa shape index (κ3) is 4.13. The summed E-state index contributed by atoms with van der Waals surface area (Å²) < 4.78 is 27.7. The summed E-state index contributed by atoms with van der Waals surface area (Å²) in [5.41, 5.74) is 5.48. The quantitative estimate of drug-likeness (QED) is 0.799. The molecule has 0 amide bonds. The molecule has 2 rings (SSSR count). The van der Waals surface area contributed by atoms with E-state index < -0.39 is 11.6 Å². The number of nitrogens with two attached hydrogens (primary N) is 1. The zero-order valence-corrected chi connectivity index (χ0v) is 13.1. The van der Waals surface area contributed by atoms with Crippen LogP contribution < -0.4 is 11.1 Å². The summed E-state index contributed by atoms with van der Waals surface area (Å²) in [7, 11) is 0. The van der Waals surface area contributed by atoms with Gasteiger partial charge in [-0.05, 0) is 36.8 Å². The van der Waals surface area contributed by atoms with Gasteiger partial charge in [0.1, 0.15) is 4.99 Å². The first-order valence-electron chi connectivity index (χ1n) is 7.50. The first kappa shape index (κ1) is 16.1. The number of hydrogen-bond donors (Lipinski definition) is 2. The van der Waals surface area contributed by atoms with Crippen molar-refractivity contribution < 1.29 is 8.78 Å². The van der Waals surface area contributed by atoms with Gasteiger partial charge in [-0.25, -0.2) is 8.78 Å². The predicted octanol–water partition coefficient (Wildman–Crippen LogP) is 4.23. The summed E-state index contributed by atoms with van der Waals surface area (Å²) in [6, 6.07) is 2.92. The number of hydrogen-bond acceptors (Lipinski definition) is 2. The molecule has 0 bridgehead atoms. The van der Waals surface area contributed by atoms with Crippen molar-refractivity contribution >= 4 is 22.9 Å². The third-order valence-electron chi connectivity index (χ3n) is 4.26. The normalized spacial score (nSPS) is 22.0. The second-order valence-electron chi connectivity index (χ2n) is 6.01. The zero-order chi connectivity index (χ0) is 15.4. The Bertz CT molecular complexity index is 519. The molecule has 1 aromatic rings. The SMILES string of the molecule is CC1CCCC(CCNc2ccc(C(N)=S)c(F)c2F)C1. The smallest absolute Gasteiger partial charge is 0.182 e. The molecular formula is C16H22F2N2S. The van der Waals surface area contributed by atoms with Crippen LogP contribution in [0.15, 0.2) is 12.1 Å². The molecule has 5 heteroatoms. The number of rotatable bonds is 5. The van der Waals surface area contributed by atoms with Crippen LogP contribution in [0.25, 0.3) is 0 Å². The van der Waals surface area contributed by atoms with E-state index in [-0.39, 0.29) is 16.2 Å². The standard InChI is InChI=1S/C16H22F2N2S/c1-10-3-2-4-11(9-10)7-8-20-13-6-5-12(16(19)21)14(17)15(13)18/h5-6,10-11,20H,2-4,7-9H2,1H3,(H2,19,21). The van der Waals surface area contributed by atoms with Crippen molar-refractivity contribution in [3.8, 4) is 0 Å². The molecule has 3 N–H and O–H groups in total. The molecule has 0 radical (unpaired) electrons. The molecule has 2 nitrogen and oxygen atoms in total. The highest BCUT2D eigenvalue weighted by atomic mass is 32.1. The van der Waals surface area contributed by atoms with Crippen molar-refractivity contribution in [2.45, 2.75) is 39.0 Å². The van der Waals surface area contributed by atoms with E-state index in [0.717, 1.165) is 12.3 Å². The van der Waals surface area contributed by atoms with Gasteiger partial charge in [0.05, 0.1) is 5.69 Å². The Hall–Kier alpha value is -1.23. The molecule has 0 aromatic heterocycles. The fourth-order valence-electron chi connectivity index (χ4n) is 3.11. The molecule has 1 aliphatic carbocycles. The van der Waals surface area contributed by atoms with Crippen LogP contribution in [0.2, 0.25) is 0 Å². The Balaban J connectivity index is 1.91. The van der Waals surface area contributed by atoms with Gasteiger partial charge in [0.15, 0.2) is 11.6 Å². The highest BCUT2D eigenvalue weighted by molar-refractivity contribution is 7.80. The zero-order valence-electron chi connectivity index (χ0n) is 12.3. The summed E-state index contributed by atoms with van der Waals surface area (Å²) in [6.07, 6.45) is 6.05. The van der Waals surface area contributed by atoms with E-state index in [2.05, 4.69) is 24.5 Å². The predicted molar refractivity (Wildman–Crippen MR) is 86.5 cm³/mol. The van der Waals surface area contributed by atoms with Gasteiger partial charge in [0.25, 0.3) is 0 Å². The molecule has 0 spiro atoms. The lowest BCUT2D eigenvalue weighted by Crippen LogP contribution is -2.17. The van der Waals surface area contributed by atoms with Crippen molar-refractivity contribution in [2.75, 3.05) is 11.9 Å². The minimum Gasteiger partial charge on any atom is -0.389 e. The maximum Gasteiger partial charge on any atom is 0.182 e. The van der Waals surface area contributed by atoms with Crippen molar-refractivity contribution in [3.05, 3.63) is 29.3 Å². The van der Waals surface area contributed by atoms with Crippen LogP contribution in [0.5, 0.6) is 0 Å². The molecule has 0 saturated heterocycles. The summed E-state index contributed by atoms with van der Waals surface area (Å²) in [6.45, 7) is 2.93. The van der Waals surface area contributed by atoms with Crippen molar-refractivity contribution in [1.29, 1.82) is 0 Å². The first-order chi connectivity index (χ1) is 9.99. The van der Waals surface area contributed by atoms with Crippen LogP contribution in [-0.2, 0) is 0 Å². The van der Waals surface area contributed by atoms with Crippen molar-refractivity contribution in [1.82, 2.24) is 0 Å². The number of benzene rings is 1. The van der Waals surface area contributed by atoms with E-state index in [1.54, 1.807) is 0 Å². The lowest BCUT2D eigenvalue weighted by Gasteiger charge is -2.26. The van der Waals surface area contributed by atoms with E-state index in [1.165, 1.54) is 37.8 Å². The molecular weight excluding hydrogens is 290 g/mol. The van der Waals surface area contributed by atoms with Crippen LogP contribution in [0.1, 0.15) is 44.6 Å². The second kappa shape index (κ2) is 7.16. The van der Waals surface area contributed by atoms with Crippen molar-refractivity contribution in [2.24, 2.45) is 17.6 Å². The first-order valence-corrected chi connectivity index (χ1v) is 7.91. The lowest BCUT2D eigenvalue weighted by atomic mass is 9.81. The molecule has 1 saturated carbocycles. The number of nitrogens with one attached hydrogen (secondary N) is 1. The average Bonchev–Trinajstić information content (AvgIpc) is 2.43. The molecule has 1 aliphatic rings. The van der Waals surface area contributed by atoms with E-state index in [4.69, 9.17) is 5.73 Å². The number of halogens is 2. The van der Waals surface area contributed by atoms with E-state index in [9.17, 15) is 8.78 Å². The minimum absolute atomic E-state index is 0.0471. The lowest BCUT2D eigenvalue weighted by molar-refractivity contribution is 0.274. The number of thiocarbonyl (C=S) groups is 1. The van der Waals surface area contributed by atoms with Gasteiger partial charge in [-0.15, -0.1) is 0 Å². The molecule has 0 aliphatic heterocycles. The highest BCUT2D eigenvalue weighted by Gasteiger charge is 2.19. The van der Waals surface area contributed by atoms with E-state index in [1.807, 2.05) is 0 Å². The molecule has 116 valence electrons. The Kier molecular flexibility index (Phi) is 5.51. The van der Waals surface area contributed by atoms with Gasteiger partial charge < -0.3 is 11.1 Å². The van der Waals surface area contributed by atoms with Crippen LogP contribution in [0.3, 0.4) is 0 Å². The van der Waals surface area contributed by atoms with Crippen LogP contribution in [-0.4, -0.2) is 11.5 Å². The van der Waals surface area contributed by atoms with Crippen LogP contribution in [0.4, 0.5) is 14.5 Å². The monoisotopic (exact) mass is 312 g/mol. The Morgan fingerprint density at radius 3 is 2.76 bits per heavy atom. The van der Waals surface area contributed by atoms with Gasteiger partial charge in [0.2, 0.25) is 0 Å². The number of anilines is 1. The fraction of sp³-hybridized carbons (Fsp3) is 0.562. The maximum atomic E-state index is 13.9. The van der Waals surface area contributed by atoms with Gasteiger partial charge in [-0.2, -0.15) is 0 Å². The fourth-order valence-corrected chi connectivity index (χ4v) is 3.27. The van der Waals surface area contributed by atoms with Gasteiger partial charge >= 0.3 is 0 Å². The average molecular weight is 312 g/mol. The summed E-state index contributed by atoms with van der Waals surface area (Å²) >= 11 is 4.69. The molecule has 21 heavy (non-hydrogen) atoms. The van der Waals surface area contributed by atoms with Gasteiger partial charge in [-0.3, -0.25) is 0 Å². The van der Waals surface area contributed by atoms with Gasteiger partial charge in [0, 0.05) is 12.1 Å². The van der Waals surface area contributed by atoms with Crippen molar-refractivity contribution in [3.63, 3.8) is 0 Å². The summed E-state index contributed by atoms with van der Waals surface area (Å²) in [5, 5.41) is 2.98. The van der Waals surface area contributed by atoms with E-state index >= 15 is 0 Å². The Morgan fingerprint density at radius 1 is 1.33 bits per heavy atom. The molecule has 2 unspecified atom stereocenters. The van der Waals surface area contributed by atoms with Gasteiger partial charge in [-0.1, -0.05) is 38.4 Å². The molecule has 1 aromatic carbocycles. The summed E-state index contributed by atoms with van der Waals surface area (Å²) in [4.78, 5) is -0.130. The molecule has 2 atom stereocenters. The Labute approximate surface area is 130 Å².